The lowest BCUT2D eigenvalue weighted by atomic mass is 10.4. The van der Waals surface area contributed by atoms with Crippen LogP contribution in [0, 0.1) is 12.3 Å². The minimum absolute atomic E-state index is 0.471. The van der Waals surface area contributed by atoms with Gasteiger partial charge < -0.3 is 4.74 Å². The Morgan fingerprint density at radius 2 is 2.30 bits per heavy atom. The highest BCUT2D eigenvalue weighted by molar-refractivity contribution is 5.24. The average molecular weight is 134 g/mol. The van der Waals surface area contributed by atoms with Gasteiger partial charge in [0.05, 0.1) is 7.11 Å². The fourth-order valence-corrected chi connectivity index (χ4v) is 0.506. The number of nitrogens with zero attached hydrogens (tertiary/aromatic N) is 2. The zero-order chi connectivity index (χ0) is 7.40. The van der Waals surface area contributed by atoms with E-state index in [9.17, 15) is 0 Å². The molecule has 0 amide bonds. The summed E-state index contributed by atoms with van der Waals surface area (Å²) in [6, 6.07) is 3.34. The number of ether oxygens (including phenoxy) is 1. The Labute approximate surface area is 59.0 Å². The van der Waals surface area contributed by atoms with Crippen LogP contribution in [0.5, 0.6) is 5.88 Å². The molecule has 0 aliphatic heterocycles. The maximum absolute atomic E-state index is 5.05. The van der Waals surface area contributed by atoms with Gasteiger partial charge in [0.2, 0.25) is 5.88 Å². The van der Waals surface area contributed by atoms with E-state index in [0.717, 1.165) is 0 Å². The molecule has 0 unspecified atom stereocenters. The van der Waals surface area contributed by atoms with E-state index in [1.165, 1.54) is 7.11 Å². The number of methoxy groups -OCH3 is 1. The summed E-state index contributed by atoms with van der Waals surface area (Å²) < 4.78 is 4.77. The van der Waals surface area contributed by atoms with Gasteiger partial charge in [0.15, 0.2) is 0 Å². The first kappa shape index (κ1) is 6.56. The van der Waals surface area contributed by atoms with Crippen LogP contribution in [-0.2, 0) is 0 Å². The van der Waals surface area contributed by atoms with Gasteiger partial charge in [0.1, 0.15) is 5.69 Å². The van der Waals surface area contributed by atoms with Crippen molar-refractivity contribution >= 4 is 0 Å². The number of rotatable bonds is 1. The molecule has 3 nitrogen and oxygen atoms in total. The van der Waals surface area contributed by atoms with E-state index in [-0.39, 0.29) is 0 Å². The molecule has 0 atom stereocenters. The van der Waals surface area contributed by atoms with Crippen molar-refractivity contribution in [2.45, 2.75) is 0 Å². The summed E-state index contributed by atoms with van der Waals surface area (Å²) in [4.78, 5) is 0. The second-order valence-electron chi connectivity index (χ2n) is 1.61. The van der Waals surface area contributed by atoms with E-state index in [0.29, 0.717) is 11.6 Å². The molecule has 0 fully saturated rings. The third kappa shape index (κ3) is 1.23. The standard InChI is InChI=1S/C7H6N2O/c1-3-6-4-5-7(10-2)9-8-6/h1,4-5H,2H3. The van der Waals surface area contributed by atoms with Gasteiger partial charge in [-0.25, -0.2) is 0 Å². The van der Waals surface area contributed by atoms with Crippen LogP contribution in [0.2, 0.25) is 0 Å². The largest absolute Gasteiger partial charge is 0.480 e. The molecule has 3 heteroatoms. The molecule has 1 aromatic rings. The molecule has 1 rings (SSSR count). The highest BCUT2D eigenvalue weighted by Gasteiger charge is 1.91. The van der Waals surface area contributed by atoms with Crippen molar-refractivity contribution in [1.29, 1.82) is 0 Å². The Hall–Kier alpha value is -1.56. The second-order valence-corrected chi connectivity index (χ2v) is 1.61. The Morgan fingerprint density at radius 3 is 2.70 bits per heavy atom. The maximum Gasteiger partial charge on any atom is 0.233 e. The van der Waals surface area contributed by atoms with E-state index in [1.807, 2.05) is 0 Å². The van der Waals surface area contributed by atoms with Crippen LogP contribution in [0.3, 0.4) is 0 Å². The fourth-order valence-electron chi connectivity index (χ4n) is 0.506. The van der Waals surface area contributed by atoms with Crippen LogP contribution in [0.15, 0.2) is 12.1 Å². The van der Waals surface area contributed by atoms with Crippen LogP contribution in [0.25, 0.3) is 0 Å². The summed E-state index contributed by atoms with van der Waals surface area (Å²) in [6.45, 7) is 0. The lowest BCUT2D eigenvalue weighted by Gasteiger charge is -1.94. The van der Waals surface area contributed by atoms with Crippen LogP contribution in [-0.4, -0.2) is 17.3 Å². The normalized spacial score (nSPS) is 8.40. The molecule has 0 aromatic carbocycles. The van der Waals surface area contributed by atoms with Crippen molar-refractivity contribution in [3.63, 3.8) is 0 Å². The van der Waals surface area contributed by atoms with Gasteiger partial charge in [-0.05, 0) is 12.0 Å². The molecule has 0 saturated heterocycles. The number of hydrogen-bond donors (Lipinski definition) is 0. The predicted octanol–water partition coefficient (Wildman–Crippen LogP) is 0.466. The van der Waals surface area contributed by atoms with Crippen molar-refractivity contribution in [2.75, 3.05) is 7.11 Å². The summed E-state index contributed by atoms with van der Waals surface area (Å²) in [5.41, 5.74) is 0.515. The molecule has 0 aliphatic rings. The molecular formula is C7H6N2O. The van der Waals surface area contributed by atoms with E-state index < -0.39 is 0 Å². The van der Waals surface area contributed by atoms with Gasteiger partial charge in [0, 0.05) is 6.07 Å². The number of hydrogen-bond acceptors (Lipinski definition) is 3. The van der Waals surface area contributed by atoms with Crippen molar-refractivity contribution in [3.8, 4) is 18.2 Å². The summed E-state index contributed by atoms with van der Waals surface area (Å²) >= 11 is 0. The third-order valence-corrected chi connectivity index (χ3v) is 0.997. The maximum atomic E-state index is 5.05. The summed E-state index contributed by atoms with van der Waals surface area (Å²) in [5, 5.41) is 7.31. The number of terminal acetylenes is 1. The Balaban J connectivity index is 2.93. The van der Waals surface area contributed by atoms with E-state index >= 15 is 0 Å². The van der Waals surface area contributed by atoms with Gasteiger partial charge >= 0.3 is 0 Å². The van der Waals surface area contributed by atoms with E-state index in [1.54, 1.807) is 12.1 Å². The Bertz CT molecular complexity index is 247. The molecular weight excluding hydrogens is 128 g/mol. The average Bonchev–Trinajstić information content (AvgIpc) is 2.05. The first-order chi connectivity index (χ1) is 4.86. The molecule has 0 N–H and O–H groups in total. The highest BCUT2D eigenvalue weighted by Crippen LogP contribution is 2.01. The monoisotopic (exact) mass is 134 g/mol. The molecule has 0 bridgehead atoms. The quantitative estimate of drug-likeness (QED) is 0.523. The topological polar surface area (TPSA) is 35.0 Å². The minimum atomic E-state index is 0.471. The predicted molar refractivity (Wildman–Crippen MR) is 36.5 cm³/mol. The summed E-state index contributed by atoms with van der Waals surface area (Å²) in [6.07, 6.45) is 5.05. The molecule has 1 aromatic heterocycles. The van der Waals surface area contributed by atoms with Crippen LogP contribution in [0.4, 0.5) is 0 Å². The van der Waals surface area contributed by atoms with Gasteiger partial charge in [0.25, 0.3) is 0 Å². The Morgan fingerprint density at radius 1 is 1.50 bits per heavy atom. The molecule has 0 spiro atoms. The summed E-state index contributed by atoms with van der Waals surface area (Å²) in [7, 11) is 1.53. The zero-order valence-electron chi connectivity index (χ0n) is 5.53. The van der Waals surface area contributed by atoms with Crippen LogP contribution in [0.1, 0.15) is 5.69 Å². The highest BCUT2D eigenvalue weighted by atomic mass is 16.5. The molecule has 0 saturated carbocycles. The van der Waals surface area contributed by atoms with Gasteiger partial charge in [-0.2, -0.15) is 0 Å². The van der Waals surface area contributed by atoms with Crippen molar-refractivity contribution in [1.82, 2.24) is 10.2 Å². The SMILES string of the molecule is C#Cc1ccc(OC)nn1. The van der Waals surface area contributed by atoms with Crippen molar-refractivity contribution in [2.24, 2.45) is 0 Å². The lowest BCUT2D eigenvalue weighted by molar-refractivity contribution is 0.392. The minimum Gasteiger partial charge on any atom is -0.480 e. The lowest BCUT2D eigenvalue weighted by Crippen LogP contribution is -1.91. The van der Waals surface area contributed by atoms with Crippen LogP contribution >= 0.6 is 0 Å². The molecule has 0 radical (unpaired) electrons. The number of aromatic nitrogens is 2. The van der Waals surface area contributed by atoms with Crippen molar-refractivity contribution in [3.05, 3.63) is 17.8 Å². The molecule has 1 heterocycles. The summed E-state index contributed by atoms with van der Waals surface area (Å²) in [5.74, 6) is 2.82. The first-order valence-corrected chi connectivity index (χ1v) is 2.71. The van der Waals surface area contributed by atoms with E-state index in [4.69, 9.17) is 11.2 Å². The van der Waals surface area contributed by atoms with Crippen molar-refractivity contribution < 1.29 is 4.74 Å². The fraction of sp³-hybridized carbons (Fsp3) is 0.143. The molecule has 10 heavy (non-hydrogen) atoms. The Kier molecular flexibility index (Phi) is 1.86. The van der Waals surface area contributed by atoms with Gasteiger partial charge in [-0.3, -0.25) is 0 Å². The van der Waals surface area contributed by atoms with Gasteiger partial charge in [-0.15, -0.1) is 16.6 Å². The van der Waals surface area contributed by atoms with Gasteiger partial charge in [-0.1, -0.05) is 0 Å². The van der Waals surface area contributed by atoms with E-state index in [2.05, 4.69) is 16.1 Å². The third-order valence-electron chi connectivity index (χ3n) is 0.997. The molecule has 0 aliphatic carbocycles. The smallest absolute Gasteiger partial charge is 0.233 e. The first-order valence-electron chi connectivity index (χ1n) is 2.71. The van der Waals surface area contributed by atoms with Crippen LogP contribution < -0.4 is 4.74 Å². The zero-order valence-corrected chi connectivity index (χ0v) is 5.53. The second kappa shape index (κ2) is 2.83. The molecule has 50 valence electrons.